The molecule has 0 radical (unpaired) electrons. The fraction of sp³-hybridized carbons (Fsp3) is 0.0370. The number of rotatable bonds is 5. The second kappa shape index (κ2) is 8.88. The van der Waals surface area contributed by atoms with E-state index >= 15 is 0 Å². The highest BCUT2D eigenvalue weighted by atomic mass is 15.2. The molecule has 5 heterocycles. The molecule has 9 nitrogen and oxygen atoms in total. The molecule has 0 amide bonds. The lowest BCUT2D eigenvalue weighted by atomic mass is 10.1. The van der Waals surface area contributed by atoms with Crippen molar-refractivity contribution in [2.45, 2.75) is 0 Å². The van der Waals surface area contributed by atoms with E-state index in [0.717, 1.165) is 33.2 Å². The SMILES string of the molecule is Cn1cc(-c2ccc3cn(-c4nccc(-c5nccc(/C=C/c6ccnc(N)c6)n5)n4)cc3c2)cn1. The first-order valence-electron chi connectivity index (χ1n) is 11.3. The average molecular weight is 472 g/mol. The fourth-order valence-electron chi connectivity index (χ4n) is 3.94. The lowest BCUT2D eigenvalue weighted by Gasteiger charge is -2.04. The van der Waals surface area contributed by atoms with E-state index in [1.54, 1.807) is 35.4 Å². The lowest BCUT2D eigenvalue weighted by Crippen LogP contribution is -2.01. The van der Waals surface area contributed by atoms with Gasteiger partial charge >= 0.3 is 0 Å². The molecule has 0 aliphatic rings. The molecule has 9 heteroatoms. The number of pyridine rings is 1. The van der Waals surface area contributed by atoms with Gasteiger partial charge in [0.05, 0.1) is 11.9 Å². The number of anilines is 1. The molecule has 5 aromatic heterocycles. The summed E-state index contributed by atoms with van der Waals surface area (Å²) in [6.45, 7) is 0. The Kier molecular flexibility index (Phi) is 5.27. The van der Waals surface area contributed by atoms with Crippen LogP contribution in [0.4, 0.5) is 5.82 Å². The van der Waals surface area contributed by atoms with Crippen molar-refractivity contribution in [3.05, 3.63) is 97.1 Å². The van der Waals surface area contributed by atoms with Crippen LogP contribution in [0.1, 0.15) is 11.3 Å². The molecular weight excluding hydrogens is 450 g/mol. The maximum Gasteiger partial charge on any atom is 0.234 e. The Hall–Kier alpha value is -5.18. The summed E-state index contributed by atoms with van der Waals surface area (Å²) in [7, 11) is 1.91. The van der Waals surface area contributed by atoms with Crippen molar-refractivity contribution in [3.8, 4) is 28.6 Å². The quantitative estimate of drug-likeness (QED) is 0.396. The zero-order valence-corrected chi connectivity index (χ0v) is 19.4. The summed E-state index contributed by atoms with van der Waals surface area (Å²) in [5, 5.41) is 6.45. The van der Waals surface area contributed by atoms with Crippen molar-refractivity contribution >= 4 is 28.7 Å². The van der Waals surface area contributed by atoms with Crippen LogP contribution in [0.25, 0.3) is 51.5 Å². The van der Waals surface area contributed by atoms with Gasteiger partial charge in [0.1, 0.15) is 11.5 Å². The fourth-order valence-corrected chi connectivity index (χ4v) is 3.94. The molecule has 2 N–H and O–H groups in total. The van der Waals surface area contributed by atoms with Gasteiger partial charge in [-0.05, 0) is 52.9 Å². The molecule has 0 atom stereocenters. The molecule has 0 bridgehead atoms. The predicted octanol–water partition coefficient (Wildman–Crippen LogP) is 4.43. The van der Waals surface area contributed by atoms with Crippen molar-refractivity contribution in [1.29, 1.82) is 0 Å². The number of benzene rings is 1. The molecular formula is C27H21N9. The van der Waals surface area contributed by atoms with Crippen molar-refractivity contribution in [2.24, 2.45) is 7.05 Å². The van der Waals surface area contributed by atoms with Crippen LogP contribution in [0, 0.1) is 0 Å². The number of hydrogen-bond donors (Lipinski definition) is 1. The predicted molar refractivity (Wildman–Crippen MR) is 140 cm³/mol. The van der Waals surface area contributed by atoms with E-state index in [4.69, 9.17) is 10.7 Å². The van der Waals surface area contributed by atoms with Crippen LogP contribution in [-0.2, 0) is 7.05 Å². The number of aromatic nitrogens is 8. The van der Waals surface area contributed by atoms with Crippen LogP contribution in [0.5, 0.6) is 0 Å². The number of aryl methyl sites for hydroxylation is 1. The summed E-state index contributed by atoms with van der Waals surface area (Å²) in [5.74, 6) is 1.54. The second-order valence-electron chi connectivity index (χ2n) is 8.31. The third-order valence-electron chi connectivity index (χ3n) is 5.71. The highest BCUT2D eigenvalue weighted by Crippen LogP contribution is 2.26. The standard InChI is InChI=1S/C27H21N9/c1-35-15-22(14-32-35)19-3-4-20-16-36(17-21(20)13-19)27-31-11-8-24(34-27)26-30-10-7-23(33-26)5-2-18-6-9-29-25(28)12-18/h2-17H,1H3,(H2,28,29)/b5-2+. The molecule has 6 aromatic rings. The topological polar surface area (TPSA) is 113 Å². The molecule has 36 heavy (non-hydrogen) atoms. The van der Waals surface area contributed by atoms with Gasteiger partial charge in [0.15, 0.2) is 5.82 Å². The molecule has 0 spiro atoms. The highest BCUT2D eigenvalue weighted by molar-refractivity contribution is 5.87. The van der Waals surface area contributed by atoms with E-state index < -0.39 is 0 Å². The van der Waals surface area contributed by atoms with Gasteiger partial charge in [0, 0.05) is 55.2 Å². The van der Waals surface area contributed by atoms with Crippen LogP contribution in [-0.4, -0.2) is 39.3 Å². The minimum Gasteiger partial charge on any atom is -0.384 e. The van der Waals surface area contributed by atoms with Crippen LogP contribution in [0.15, 0.2) is 85.8 Å². The van der Waals surface area contributed by atoms with Crippen molar-refractivity contribution < 1.29 is 0 Å². The molecule has 0 saturated heterocycles. The van der Waals surface area contributed by atoms with Gasteiger partial charge in [-0.3, -0.25) is 9.25 Å². The second-order valence-corrected chi connectivity index (χ2v) is 8.31. The van der Waals surface area contributed by atoms with Gasteiger partial charge in [-0.1, -0.05) is 18.2 Å². The first-order chi connectivity index (χ1) is 17.6. The Bertz CT molecular complexity index is 1730. The summed E-state index contributed by atoms with van der Waals surface area (Å²) >= 11 is 0. The molecule has 0 fully saturated rings. The number of nitrogens with zero attached hydrogens (tertiary/aromatic N) is 8. The van der Waals surface area contributed by atoms with Crippen LogP contribution in [0.2, 0.25) is 0 Å². The molecule has 6 rings (SSSR count). The zero-order chi connectivity index (χ0) is 24.5. The lowest BCUT2D eigenvalue weighted by molar-refractivity contribution is 0.768. The maximum atomic E-state index is 5.76. The van der Waals surface area contributed by atoms with Crippen molar-refractivity contribution in [2.75, 3.05) is 5.73 Å². The summed E-state index contributed by atoms with van der Waals surface area (Å²) in [6.07, 6.45) is 16.8. The Morgan fingerprint density at radius 1 is 0.778 bits per heavy atom. The Morgan fingerprint density at radius 2 is 1.64 bits per heavy atom. The highest BCUT2D eigenvalue weighted by Gasteiger charge is 2.10. The van der Waals surface area contributed by atoms with Crippen LogP contribution >= 0.6 is 0 Å². The first-order valence-corrected chi connectivity index (χ1v) is 11.3. The van der Waals surface area contributed by atoms with Crippen LogP contribution in [0.3, 0.4) is 0 Å². The summed E-state index contributed by atoms with van der Waals surface area (Å²) in [5.41, 5.74) is 10.3. The Morgan fingerprint density at radius 3 is 2.50 bits per heavy atom. The van der Waals surface area contributed by atoms with Gasteiger partial charge < -0.3 is 5.73 Å². The summed E-state index contributed by atoms with van der Waals surface area (Å²) in [6, 6.07) is 13.6. The number of nitrogen functional groups attached to an aromatic ring is 1. The minimum atomic E-state index is 0.472. The van der Waals surface area contributed by atoms with E-state index in [1.807, 2.05) is 60.7 Å². The van der Waals surface area contributed by atoms with Gasteiger partial charge in [-0.25, -0.2) is 24.9 Å². The van der Waals surface area contributed by atoms with Gasteiger partial charge in [0.2, 0.25) is 5.95 Å². The Balaban J connectivity index is 1.30. The summed E-state index contributed by atoms with van der Waals surface area (Å²) in [4.78, 5) is 22.3. The number of fused-ring (bicyclic) bond motifs is 1. The molecule has 0 aliphatic carbocycles. The average Bonchev–Trinajstić information content (AvgIpc) is 3.54. The van der Waals surface area contributed by atoms with E-state index in [1.165, 1.54) is 0 Å². The van der Waals surface area contributed by atoms with E-state index in [2.05, 4.69) is 43.2 Å². The van der Waals surface area contributed by atoms with Crippen molar-refractivity contribution in [1.82, 2.24) is 39.3 Å². The number of hydrogen-bond acceptors (Lipinski definition) is 7. The minimum absolute atomic E-state index is 0.472. The normalized spacial score (nSPS) is 11.5. The molecule has 0 aliphatic heterocycles. The van der Waals surface area contributed by atoms with Gasteiger partial charge in [-0.15, -0.1) is 0 Å². The molecule has 174 valence electrons. The molecule has 1 aromatic carbocycles. The first kappa shape index (κ1) is 21.4. The summed E-state index contributed by atoms with van der Waals surface area (Å²) < 4.78 is 3.71. The van der Waals surface area contributed by atoms with E-state index in [9.17, 15) is 0 Å². The monoisotopic (exact) mass is 471 g/mol. The van der Waals surface area contributed by atoms with Crippen molar-refractivity contribution in [3.63, 3.8) is 0 Å². The molecule has 0 saturated carbocycles. The van der Waals surface area contributed by atoms with E-state index in [0.29, 0.717) is 23.3 Å². The number of nitrogens with two attached hydrogens (primary N) is 1. The third kappa shape index (κ3) is 4.32. The Labute approximate surface area is 206 Å². The van der Waals surface area contributed by atoms with Gasteiger partial charge in [0.25, 0.3) is 0 Å². The maximum absolute atomic E-state index is 5.76. The van der Waals surface area contributed by atoms with Crippen LogP contribution < -0.4 is 5.73 Å². The van der Waals surface area contributed by atoms with E-state index in [-0.39, 0.29) is 0 Å². The largest absolute Gasteiger partial charge is 0.384 e. The molecule has 0 unspecified atom stereocenters. The smallest absolute Gasteiger partial charge is 0.234 e. The third-order valence-corrected chi connectivity index (χ3v) is 5.71. The van der Waals surface area contributed by atoms with Gasteiger partial charge in [-0.2, -0.15) is 5.10 Å². The zero-order valence-electron chi connectivity index (χ0n) is 19.4.